The third-order valence-corrected chi connectivity index (χ3v) is 4.59. The number of carbonyl (C=O) groups is 1. The van der Waals surface area contributed by atoms with Crippen LogP contribution in [0.1, 0.15) is 18.7 Å². The third-order valence-electron chi connectivity index (χ3n) is 4.59. The first-order valence-electron chi connectivity index (χ1n) is 9.47. The number of phenolic OH excluding ortho intramolecular Hbond substituents is 1. The molecule has 3 N–H and O–H groups in total. The first-order valence-corrected chi connectivity index (χ1v) is 9.47. The number of hydrogen-bond donors (Lipinski definition) is 3. The molecule has 2 heterocycles. The molecule has 0 saturated carbocycles. The summed E-state index contributed by atoms with van der Waals surface area (Å²) in [6.45, 7) is 3.56. The number of amides is 1. The van der Waals surface area contributed by atoms with E-state index in [1.54, 1.807) is 18.2 Å². The lowest BCUT2D eigenvalue weighted by atomic mass is 10.1. The molecule has 0 aliphatic carbocycles. The molecule has 7 heteroatoms. The molecule has 1 aromatic heterocycles. The van der Waals surface area contributed by atoms with Crippen LogP contribution in [0.4, 0.5) is 5.69 Å². The van der Waals surface area contributed by atoms with E-state index < -0.39 is 0 Å². The normalized spacial score (nSPS) is 16.4. The molecular formula is C22H22N4O3. The summed E-state index contributed by atoms with van der Waals surface area (Å²) in [5, 5.41) is 16.0. The summed E-state index contributed by atoms with van der Waals surface area (Å²) < 4.78 is 5.89. The number of nitrogens with one attached hydrogen (secondary N) is 2. The monoisotopic (exact) mass is 390 g/mol. The van der Waals surface area contributed by atoms with Gasteiger partial charge in [-0.05, 0) is 30.3 Å². The first kappa shape index (κ1) is 19.0. The van der Waals surface area contributed by atoms with Gasteiger partial charge in [0.1, 0.15) is 11.9 Å². The molecule has 1 saturated heterocycles. The molecule has 148 valence electrons. The van der Waals surface area contributed by atoms with Gasteiger partial charge in [0.2, 0.25) is 5.91 Å². The van der Waals surface area contributed by atoms with E-state index in [0.29, 0.717) is 30.4 Å². The third kappa shape index (κ3) is 4.59. The van der Waals surface area contributed by atoms with Crippen molar-refractivity contribution in [3.05, 3.63) is 60.3 Å². The van der Waals surface area contributed by atoms with Crippen LogP contribution >= 0.6 is 0 Å². The molecule has 0 radical (unpaired) electrons. The average molecular weight is 390 g/mol. The Morgan fingerprint density at radius 3 is 2.72 bits per heavy atom. The highest BCUT2D eigenvalue weighted by atomic mass is 16.5. The molecule has 1 atom stereocenters. The number of anilines is 1. The van der Waals surface area contributed by atoms with Crippen LogP contribution in [-0.2, 0) is 9.53 Å². The Bertz CT molecular complexity index is 1030. The maximum atomic E-state index is 11.4. The molecule has 3 aromatic rings. The fourth-order valence-corrected chi connectivity index (χ4v) is 3.27. The summed E-state index contributed by atoms with van der Waals surface area (Å²) in [5.74, 6) is 0.564. The number of carbonyl (C=O) groups excluding carboxylic acids is 1. The van der Waals surface area contributed by atoms with Crippen LogP contribution in [-0.4, -0.2) is 40.7 Å². The molecule has 1 amide bonds. The van der Waals surface area contributed by atoms with Gasteiger partial charge in [-0.1, -0.05) is 24.3 Å². The van der Waals surface area contributed by atoms with Gasteiger partial charge in [-0.15, -0.1) is 0 Å². The maximum Gasteiger partial charge on any atom is 0.221 e. The minimum absolute atomic E-state index is 0.140. The lowest BCUT2D eigenvalue weighted by Gasteiger charge is -2.24. The standard InChI is InChI=1S/C22H22N4O3/c1-14(27)24-17-6-2-5-16(10-17)22-25-19(15-4-3-7-18(28)11-15)12-20(26-22)21-13-23-8-9-29-21/h2-7,10-12,21,23,28H,8-9,13H2,1H3,(H,24,27). The summed E-state index contributed by atoms with van der Waals surface area (Å²) in [7, 11) is 0. The summed E-state index contributed by atoms with van der Waals surface area (Å²) in [4.78, 5) is 20.9. The summed E-state index contributed by atoms with van der Waals surface area (Å²) in [6, 6.07) is 16.3. The Balaban J connectivity index is 1.80. The minimum atomic E-state index is -0.180. The highest BCUT2D eigenvalue weighted by Crippen LogP contribution is 2.29. The van der Waals surface area contributed by atoms with E-state index >= 15 is 0 Å². The van der Waals surface area contributed by atoms with E-state index in [0.717, 1.165) is 23.4 Å². The molecule has 1 aliphatic heterocycles. The van der Waals surface area contributed by atoms with Gasteiger partial charge in [-0.25, -0.2) is 9.97 Å². The zero-order valence-corrected chi connectivity index (χ0v) is 16.1. The van der Waals surface area contributed by atoms with Crippen molar-refractivity contribution in [1.82, 2.24) is 15.3 Å². The van der Waals surface area contributed by atoms with Crippen molar-refractivity contribution in [2.75, 3.05) is 25.0 Å². The van der Waals surface area contributed by atoms with Crippen molar-refractivity contribution in [3.8, 4) is 28.4 Å². The van der Waals surface area contributed by atoms with Crippen molar-refractivity contribution in [2.24, 2.45) is 0 Å². The van der Waals surface area contributed by atoms with E-state index in [1.807, 2.05) is 36.4 Å². The fourth-order valence-electron chi connectivity index (χ4n) is 3.27. The number of rotatable bonds is 4. The highest BCUT2D eigenvalue weighted by Gasteiger charge is 2.20. The highest BCUT2D eigenvalue weighted by molar-refractivity contribution is 5.89. The number of nitrogens with zero attached hydrogens (tertiary/aromatic N) is 2. The summed E-state index contributed by atoms with van der Waals surface area (Å²) in [6.07, 6.45) is -0.180. The topological polar surface area (TPSA) is 96.4 Å². The quantitative estimate of drug-likeness (QED) is 0.633. The zero-order valence-electron chi connectivity index (χ0n) is 16.1. The van der Waals surface area contributed by atoms with Crippen molar-refractivity contribution in [1.29, 1.82) is 0 Å². The van der Waals surface area contributed by atoms with Crippen molar-refractivity contribution >= 4 is 11.6 Å². The van der Waals surface area contributed by atoms with Gasteiger partial charge < -0.3 is 20.5 Å². The van der Waals surface area contributed by atoms with Crippen LogP contribution in [0.3, 0.4) is 0 Å². The lowest BCUT2D eigenvalue weighted by molar-refractivity contribution is -0.114. The van der Waals surface area contributed by atoms with Crippen LogP contribution in [0.2, 0.25) is 0 Å². The second-order valence-electron chi connectivity index (χ2n) is 6.88. The predicted molar refractivity (Wildman–Crippen MR) is 110 cm³/mol. The lowest BCUT2D eigenvalue weighted by Crippen LogP contribution is -2.33. The van der Waals surface area contributed by atoms with Crippen LogP contribution in [0.25, 0.3) is 22.6 Å². The fraction of sp³-hybridized carbons (Fsp3) is 0.227. The molecule has 0 spiro atoms. The van der Waals surface area contributed by atoms with Gasteiger partial charge in [-0.2, -0.15) is 0 Å². The van der Waals surface area contributed by atoms with E-state index in [9.17, 15) is 9.90 Å². The molecular weight excluding hydrogens is 368 g/mol. The predicted octanol–water partition coefficient (Wildman–Crippen LogP) is 3.14. The summed E-state index contributed by atoms with van der Waals surface area (Å²) in [5.41, 5.74) is 3.71. The largest absolute Gasteiger partial charge is 0.508 e. The van der Waals surface area contributed by atoms with Gasteiger partial charge in [0, 0.05) is 36.8 Å². The Hall–Kier alpha value is -3.29. The van der Waals surface area contributed by atoms with Crippen molar-refractivity contribution in [2.45, 2.75) is 13.0 Å². The van der Waals surface area contributed by atoms with E-state index in [-0.39, 0.29) is 17.8 Å². The second kappa shape index (κ2) is 8.38. The summed E-state index contributed by atoms with van der Waals surface area (Å²) >= 11 is 0. The zero-order chi connectivity index (χ0) is 20.2. The minimum Gasteiger partial charge on any atom is -0.508 e. The van der Waals surface area contributed by atoms with Gasteiger partial charge >= 0.3 is 0 Å². The Morgan fingerprint density at radius 1 is 1.14 bits per heavy atom. The van der Waals surface area contributed by atoms with E-state index in [2.05, 4.69) is 10.6 Å². The first-order chi connectivity index (χ1) is 14.1. The molecule has 1 fully saturated rings. The number of ether oxygens (including phenoxy) is 1. The van der Waals surface area contributed by atoms with Gasteiger partial charge in [0.05, 0.1) is 18.0 Å². The van der Waals surface area contributed by atoms with Crippen LogP contribution in [0.15, 0.2) is 54.6 Å². The molecule has 0 bridgehead atoms. The number of phenols is 1. The number of hydrogen-bond acceptors (Lipinski definition) is 6. The second-order valence-corrected chi connectivity index (χ2v) is 6.88. The molecule has 29 heavy (non-hydrogen) atoms. The Labute approximate surface area is 168 Å². The smallest absolute Gasteiger partial charge is 0.221 e. The van der Waals surface area contributed by atoms with Crippen molar-refractivity contribution < 1.29 is 14.6 Å². The molecule has 4 rings (SSSR count). The van der Waals surface area contributed by atoms with Gasteiger partial charge in [0.25, 0.3) is 0 Å². The Morgan fingerprint density at radius 2 is 1.97 bits per heavy atom. The Kier molecular flexibility index (Phi) is 5.50. The number of benzene rings is 2. The van der Waals surface area contributed by atoms with Crippen LogP contribution in [0.5, 0.6) is 5.75 Å². The maximum absolute atomic E-state index is 11.4. The van der Waals surface area contributed by atoms with Crippen LogP contribution in [0, 0.1) is 0 Å². The van der Waals surface area contributed by atoms with Gasteiger partial charge in [-0.3, -0.25) is 4.79 Å². The molecule has 1 unspecified atom stereocenters. The molecule has 1 aliphatic rings. The molecule has 2 aromatic carbocycles. The number of morpholine rings is 1. The van der Waals surface area contributed by atoms with E-state index in [4.69, 9.17) is 14.7 Å². The van der Waals surface area contributed by atoms with Gasteiger partial charge in [0.15, 0.2) is 5.82 Å². The van der Waals surface area contributed by atoms with Crippen LogP contribution < -0.4 is 10.6 Å². The van der Waals surface area contributed by atoms with E-state index in [1.165, 1.54) is 6.92 Å². The average Bonchev–Trinajstić information content (AvgIpc) is 2.74. The SMILES string of the molecule is CC(=O)Nc1cccc(-c2nc(-c3cccc(O)c3)cc(C3CNCCO3)n2)c1. The number of aromatic nitrogens is 2. The molecule has 7 nitrogen and oxygen atoms in total. The van der Waals surface area contributed by atoms with Crippen molar-refractivity contribution in [3.63, 3.8) is 0 Å². The number of aromatic hydroxyl groups is 1.